The van der Waals surface area contributed by atoms with E-state index in [1.165, 1.54) is 6.08 Å². The SMILES string of the molecule is C=C[C@@H](O)/C(C)=C/C. The molecule has 0 aromatic carbocycles. The first-order valence-corrected chi connectivity index (χ1v) is 2.65. The molecule has 1 heteroatoms. The highest BCUT2D eigenvalue weighted by Crippen LogP contribution is 1.99. The standard InChI is InChI=1S/C7H12O/c1-4-6(3)7(8)5-2/h4-5,7-8H,2H2,1,3H3/b6-4+/t7-/m1/s1. The van der Waals surface area contributed by atoms with E-state index in [4.69, 9.17) is 5.11 Å². The lowest BCUT2D eigenvalue weighted by molar-refractivity contribution is 0.259. The monoisotopic (exact) mass is 112 g/mol. The first kappa shape index (κ1) is 7.44. The van der Waals surface area contributed by atoms with Gasteiger partial charge in [-0.15, -0.1) is 6.58 Å². The minimum Gasteiger partial charge on any atom is -0.385 e. The van der Waals surface area contributed by atoms with Gasteiger partial charge in [0.1, 0.15) is 0 Å². The van der Waals surface area contributed by atoms with Crippen molar-refractivity contribution in [2.75, 3.05) is 0 Å². The van der Waals surface area contributed by atoms with Crippen LogP contribution in [0, 0.1) is 0 Å². The molecule has 0 bridgehead atoms. The second kappa shape index (κ2) is 3.44. The number of aliphatic hydroxyl groups excluding tert-OH is 1. The Hall–Kier alpha value is -0.560. The summed E-state index contributed by atoms with van der Waals surface area (Å²) in [6, 6.07) is 0. The third kappa shape index (κ3) is 1.94. The highest BCUT2D eigenvalue weighted by molar-refractivity contribution is 5.09. The van der Waals surface area contributed by atoms with E-state index in [0.717, 1.165) is 5.57 Å². The Morgan fingerprint density at radius 2 is 2.25 bits per heavy atom. The number of hydrogen-bond acceptors (Lipinski definition) is 1. The van der Waals surface area contributed by atoms with E-state index in [2.05, 4.69) is 6.58 Å². The van der Waals surface area contributed by atoms with E-state index in [-0.39, 0.29) is 0 Å². The molecule has 0 aliphatic carbocycles. The summed E-state index contributed by atoms with van der Waals surface area (Å²) in [6.07, 6.45) is 2.92. The first-order valence-electron chi connectivity index (χ1n) is 2.65. The molecule has 1 atom stereocenters. The van der Waals surface area contributed by atoms with Gasteiger partial charge in [0.05, 0.1) is 6.10 Å². The number of rotatable bonds is 2. The van der Waals surface area contributed by atoms with E-state index in [1.54, 1.807) is 0 Å². The topological polar surface area (TPSA) is 20.2 Å². The van der Waals surface area contributed by atoms with Crippen molar-refractivity contribution in [1.82, 2.24) is 0 Å². The molecule has 1 N–H and O–H groups in total. The fourth-order valence-electron chi connectivity index (χ4n) is 0.357. The fourth-order valence-corrected chi connectivity index (χ4v) is 0.357. The molecule has 46 valence electrons. The lowest BCUT2D eigenvalue weighted by atomic mass is 10.2. The van der Waals surface area contributed by atoms with Gasteiger partial charge in [-0.1, -0.05) is 12.2 Å². The Bertz CT molecular complexity index is 103. The summed E-state index contributed by atoms with van der Waals surface area (Å²) >= 11 is 0. The lowest BCUT2D eigenvalue weighted by Gasteiger charge is -2.01. The maximum absolute atomic E-state index is 8.94. The highest BCUT2D eigenvalue weighted by Gasteiger charge is 1.95. The van der Waals surface area contributed by atoms with Crippen LogP contribution in [0.15, 0.2) is 24.3 Å². The molecule has 0 aromatic rings. The predicted octanol–water partition coefficient (Wildman–Crippen LogP) is 1.50. The van der Waals surface area contributed by atoms with E-state index in [9.17, 15) is 0 Å². The van der Waals surface area contributed by atoms with Crippen molar-refractivity contribution < 1.29 is 5.11 Å². The molecular formula is C7H12O. The van der Waals surface area contributed by atoms with Gasteiger partial charge in [0.15, 0.2) is 0 Å². The Morgan fingerprint density at radius 3 is 2.38 bits per heavy atom. The highest BCUT2D eigenvalue weighted by atomic mass is 16.3. The molecule has 0 spiro atoms. The van der Waals surface area contributed by atoms with Gasteiger partial charge in [-0.3, -0.25) is 0 Å². The van der Waals surface area contributed by atoms with Crippen LogP contribution < -0.4 is 0 Å². The molecule has 0 unspecified atom stereocenters. The normalized spacial score (nSPS) is 15.6. The average molecular weight is 112 g/mol. The summed E-state index contributed by atoms with van der Waals surface area (Å²) in [4.78, 5) is 0. The summed E-state index contributed by atoms with van der Waals surface area (Å²) in [6.45, 7) is 7.20. The summed E-state index contributed by atoms with van der Waals surface area (Å²) in [5.74, 6) is 0. The molecule has 0 amide bonds. The van der Waals surface area contributed by atoms with Crippen LogP contribution in [0.2, 0.25) is 0 Å². The van der Waals surface area contributed by atoms with Gasteiger partial charge in [-0.25, -0.2) is 0 Å². The van der Waals surface area contributed by atoms with Gasteiger partial charge >= 0.3 is 0 Å². The molecule has 1 nitrogen and oxygen atoms in total. The second-order valence-electron chi connectivity index (χ2n) is 1.71. The van der Waals surface area contributed by atoms with Crippen LogP contribution in [-0.2, 0) is 0 Å². The molecule has 8 heavy (non-hydrogen) atoms. The molecule has 0 aliphatic heterocycles. The minimum absolute atomic E-state index is 0.458. The maximum Gasteiger partial charge on any atom is 0.0926 e. The van der Waals surface area contributed by atoms with Crippen LogP contribution in [-0.4, -0.2) is 11.2 Å². The van der Waals surface area contributed by atoms with E-state index in [0.29, 0.717) is 0 Å². The van der Waals surface area contributed by atoms with E-state index in [1.807, 2.05) is 19.9 Å². The molecular weight excluding hydrogens is 100 g/mol. The van der Waals surface area contributed by atoms with Gasteiger partial charge < -0.3 is 5.11 Å². The number of hydrogen-bond donors (Lipinski definition) is 1. The molecule has 0 saturated heterocycles. The van der Waals surface area contributed by atoms with Crippen LogP contribution in [0.1, 0.15) is 13.8 Å². The van der Waals surface area contributed by atoms with Crippen molar-refractivity contribution in [1.29, 1.82) is 0 Å². The third-order valence-corrected chi connectivity index (χ3v) is 1.15. The Kier molecular flexibility index (Phi) is 3.20. The second-order valence-corrected chi connectivity index (χ2v) is 1.71. The molecule has 0 aliphatic rings. The Morgan fingerprint density at radius 1 is 1.75 bits per heavy atom. The van der Waals surface area contributed by atoms with Gasteiger partial charge in [-0.2, -0.15) is 0 Å². The average Bonchev–Trinajstić information content (AvgIpc) is 1.84. The van der Waals surface area contributed by atoms with Crippen molar-refractivity contribution in [2.24, 2.45) is 0 Å². The van der Waals surface area contributed by atoms with E-state index < -0.39 is 6.10 Å². The zero-order valence-electron chi connectivity index (χ0n) is 5.39. The first-order chi connectivity index (χ1) is 3.72. The Balaban J connectivity index is 3.81. The molecule has 0 fully saturated rings. The predicted molar refractivity (Wildman–Crippen MR) is 35.6 cm³/mol. The zero-order chi connectivity index (χ0) is 6.57. The van der Waals surface area contributed by atoms with Crippen molar-refractivity contribution in [3.63, 3.8) is 0 Å². The third-order valence-electron chi connectivity index (χ3n) is 1.15. The summed E-state index contributed by atoms with van der Waals surface area (Å²) in [7, 11) is 0. The van der Waals surface area contributed by atoms with Crippen LogP contribution in [0.3, 0.4) is 0 Å². The molecule has 0 radical (unpaired) electrons. The van der Waals surface area contributed by atoms with Crippen LogP contribution in [0.5, 0.6) is 0 Å². The summed E-state index contributed by atoms with van der Waals surface area (Å²) in [5.41, 5.74) is 0.944. The molecule has 0 rings (SSSR count). The molecule has 0 aromatic heterocycles. The van der Waals surface area contributed by atoms with Crippen molar-refractivity contribution in [3.8, 4) is 0 Å². The van der Waals surface area contributed by atoms with Gasteiger partial charge in [0.25, 0.3) is 0 Å². The zero-order valence-corrected chi connectivity index (χ0v) is 5.39. The van der Waals surface area contributed by atoms with Crippen LogP contribution in [0.4, 0.5) is 0 Å². The minimum atomic E-state index is -0.458. The quantitative estimate of drug-likeness (QED) is 0.537. The van der Waals surface area contributed by atoms with Gasteiger partial charge in [-0.05, 0) is 19.4 Å². The van der Waals surface area contributed by atoms with Gasteiger partial charge in [0.2, 0.25) is 0 Å². The summed E-state index contributed by atoms with van der Waals surface area (Å²) in [5, 5.41) is 8.94. The number of allylic oxidation sites excluding steroid dienone is 1. The maximum atomic E-state index is 8.94. The van der Waals surface area contributed by atoms with E-state index >= 15 is 0 Å². The smallest absolute Gasteiger partial charge is 0.0926 e. The van der Waals surface area contributed by atoms with Crippen molar-refractivity contribution in [3.05, 3.63) is 24.3 Å². The fraction of sp³-hybridized carbons (Fsp3) is 0.429. The molecule has 0 saturated carbocycles. The van der Waals surface area contributed by atoms with Crippen LogP contribution in [0.25, 0.3) is 0 Å². The van der Waals surface area contributed by atoms with Gasteiger partial charge in [0, 0.05) is 0 Å². The molecule has 0 heterocycles. The largest absolute Gasteiger partial charge is 0.385 e. The number of aliphatic hydroxyl groups is 1. The Labute approximate surface area is 50.3 Å². The van der Waals surface area contributed by atoms with Crippen LogP contribution >= 0.6 is 0 Å². The van der Waals surface area contributed by atoms with Crippen molar-refractivity contribution in [2.45, 2.75) is 20.0 Å². The lowest BCUT2D eigenvalue weighted by Crippen LogP contribution is -2.01. The summed E-state index contributed by atoms with van der Waals surface area (Å²) < 4.78 is 0. The van der Waals surface area contributed by atoms with Crippen molar-refractivity contribution >= 4 is 0 Å².